The molecule has 0 radical (unpaired) electrons. The molecule has 2 aliphatic heterocycles. The molecule has 5 rings (SSSR count). The van der Waals surface area contributed by atoms with Gasteiger partial charge >= 0.3 is 0 Å². The normalized spacial score (nSPS) is 16.7. The van der Waals surface area contributed by atoms with Crippen molar-refractivity contribution in [2.75, 3.05) is 44.8 Å². The zero-order valence-electron chi connectivity index (χ0n) is 17.4. The van der Waals surface area contributed by atoms with Crippen molar-refractivity contribution in [3.05, 3.63) is 40.0 Å². The summed E-state index contributed by atoms with van der Waals surface area (Å²) in [7, 11) is 0. The summed E-state index contributed by atoms with van der Waals surface area (Å²) in [4.78, 5) is 14.5. The van der Waals surface area contributed by atoms with Gasteiger partial charge in [0.05, 0.1) is 25.1 Å². The number of ether oxygens (including phenoxy) is 3. The minimum absolute atomic E-state index is 0.592. The summed E-state index contributed by atoms with van der Waals surface area (Å²) in [5.74, 6) is 3.38. The second-order valence-corrected chi connectivity index (χ2v) is 8.88. The lowest BCUT2D eigenvalue weighted by atomic mass is 10.1. The molecule has 2 aliphatic rings. The van der Waals surface area contributed by atoms with Crippen LogP contribution in [-0.2, 0) is 17.8 Å². The lowest BCUT2D eigenvalue weighted by Crippen LogP contribution is -2.36. The second kappa shape index (κ2) is 8.37. The monoisotopic (exact) mass is 426 g/mol. The summed E-state index contributed by atoms with van der Waals surface area (Å²) in [5, 5.41) is 4.68. The van der Waals surface area contributed by atoms with Crippen LogP contribution in [0.3, 0.4) is 0 Å². The molecule has 0 amide bonds. The lowest BCUT2D eigenvalue weighted by molar-refractivity contribution is 0.0331. The highest BCUT2D eigenvalue weighted by Crippen LogP contribution is 2.34. The Hall–Kier alpha value is -2.42. The van der Waals surface area contributed by atoms with Crippen molar-refractivity contribution in [1.29, 1.82) is 0 Å². The third-order valence-electron chi connectivity index (χ3n) is 5.61. The quantitative estimate of drug-likeness (QED) is 0.669. The topological polar surface area (TPSA) is 68.7 Å². The number of aromatic nitrogens is 2. The van der Waals surface area contributed by atoms with E-state index in [0.29, 0.717) is 19.8 Å². The molecule has 0 spiro atoms. The van der Waals surface area contributed by atoms with Crippen LogP contribution in [0.15, 0.2) is 18.2 Å². The molecule has 2 aromatic heterocycles. The molecular formula is C22H26N4O3S. The van der Waals surface area contributed by atoms with E-state index in [4.69, 9.17) is 24.2 Å². The molecule has 1 N–H and O–H groups in total. The van der Waals surface area contributed by atoms with Crippen molar-refractivity contribution in [2.45, 2.75) is 26.9 Å². The smallest absolute Gasteiger partial charge is 0.161 e. The molecule has 1 aromatic carbocycles. The maximum Gasteiger partial charge on any atom is 0.161 e. The van der Waals surface area contributed by atoms with Crippen LogP contribution in [0.25, 0.3) is 10.2 Å². The molecule has 0 atom stereocenters. The molecule has 158 valence electrons. The molecule has 0 aliphatic carbocycles. The Morgan fingerprint density at radius 2 is 1.83 bits per heavy atom. The van der Waals surface area contributed by atoms with Crippen LogP contribution in [0.4, 0.5) is 5.82 Å². The van der Waals surface area contributed by atoms with Gasteiger partial charge in [-0.25, -0.2) is 9.97 Å². The average Bonchev–Trinajstić information content (AvgIpc) is 3.06. The number of rotatable bonds is 5. The summed E-state index contributed by atoms with van der Waals surface area (Å²) in [6.07, 6.45) is 0. The number of aryl methyl sites for hydroxylation is 2. The zero-order chi connectivity index (χ0) is 20.5. The summed E-state index contributed by atoms with van der Waals surface area (Å²) in [6, 6.07) is 6.09. The van der Waals surface area contributed by atoms with Gasteiger partial charge in [0.2, 0.25) is 0 Å². The molecule has 0 unspecified atom stereocenters. The zero-order valence-corrected chi connectivity index (χ0v) is 18.2. The summed E-state index contributed by atoms with van der Waals surface area (Å²) < 4.78 is 16.8. The number of nitrogens with one attached hydrogen (secondary N) is 1. The lowest BCUT2D eigenvalue weighted by Gasteiger charge is -2.25. The Bertz CT molecular complexity index is 1060. The SMILES string of the molecule is Cc1sc2nc(CN3CCOCC3)nc(NCc3ccc4c(c3)OCCO4)c2c1C. The number of hydrogen-bond donors (Lipinski definition) is 1. The van der Waals surface area contributed by atoms with Crippen LogP contribution in [0.5, 0.6) is 11.5 Å². The van der Waals surface area contributed by atoms with Crippen LogP contribution in [0.1, 0.15) is 21.8 Å². The van der Waals surface area contributed by atoms with Crippen molar-refractivity contribution < 1.29 is 14.2 Å². The van der Waals surface area contributed by atoms with Gasteiger partial charge in [0, 0.05) is 24.5 Å². The van der Waals surface area contributed by atoms with Gasteiger partial charge in [-0.1, -0.05) is 6.07 Å². The van der Waals surface area contributed by atoms with Crippen LogP contribution in [-0.4, -0.2) is 54.4 Å². The van der Waals surface area contributed by atoms with Crippen LogP contribution in [0, 0.1) is 13.8 Å². The predicted octanol–water partition coefficient (Wildman–Crippen LogP) is 3.52. The van der Waals surface area contributed by atoms with E-state index in [1.165, 1.54) is 10.4 Å². The molecule has 4 heterocycles. The number of morpholine rings is 1. The predicted molar refractivity (Wildman–Crippen MR) is 118 cm³/mol. The second-order valence-electron chi connectivity index (χ2n) is 7.67. The van der Waals surface area contributed by atoms with Gasteiger partial charge in [-0.2, -0.15) is 0 Å². The first kappa shape index (κ1) is 19.5. The van der Waals surface area contributed by atoms with Crippen molar-refractivity contribution in [3.8, 4) is 11.5 Å². The van der Waals surface area contributed by atoms with Gasteiger partial charge in [0.25, 0.3) is 0 Å². The maximum absolute atomic E-state index is 5.72. The number of hydrogen-bond acceptors (Lipinski definition) is 8. The minimum Gasteiger partial charge on any atom is -0.486 e. The van der Waals surface area contributed by atoms with E-state index >= 15 is 0 Å². The fourth-order valence-electron chi connectivity index (χ4n) is 3.84. The molecular weight excluding hydrogens is 400 g/mol. The van der Waals surface area contributed by atoms with Crippen LogP contribution < -0.4 is 14.8 Å². The fourth-order valence-corrected chi connectivity index (χ4v) is 4.88. The number of thiophene rings is 1. The molecule has 3 aromatic rings. The Morgan fingerprint density at radius 3 is 2.67 bits per heavy atom. The highest BCUT2D eigenvalue weighted by atomic mass is 32.1. The van der Waals surface area contributed by atoms with Crippen molar-refractivity contribution in [2.24, 2.45) is 0 Å². The van der Waals surface area contributed by atoms with E-state index in [1.54, 1.807) is 11.3 Å². The molecule has 30 heavy (non-hydrogen) atoms. The first-order valence-corrected chi connectivity index (χ1v) is 11.2. The van der Waals surface area contributed by atoms with Crippen molar-refractivity contribution in [1.82, 2.24) is 14.9 Å². The van der Waals surface area contributed by atoms with E-state index in [1.807, 2.05) is 12.1 Å². The average molecular weight is 427 g/mol. The van der Waals surface area contributed by atoms with E-state index in [2.05, 4.69) is 30.1 Å². The van der Waals surface area contributed by atoms with E-state index in [0.717, 1.165) is 71.8 Å². The molecule has 7 nitrogen and oxygen atoms in total. The minimum atomic E-state index is 0.592. The Kier molecular flexibility index (Phi) is 5.45. The van der Waals surface area contributed by atoms with Crippen molar-refractivity contribution in [3.63, 3.8) is 0 Å². The van der Waals surface area contributed by atoms with Crippen molar-refractivity contribution >= 4 is 27.4 Å². The van der Waals surface area contributed by atoms with Gasteiger partial charge in [-0.15, -0.1) is 11.3 Å². The summed E-state index contributed by atoms with van der Waals surface area (Å²) in [5.41, 5.74) is 2.38. The first-order valence-electron chi connectivity index (χ1n) is 10.4. The third-order valence-corrected chi connectivity index (χ3v) is 6.71. The number of nitrogens with zero attached hydrogens (tertiary/aromatic N) is 3. The first-order chi connectivity index (χ1) is 14.7. The van der Waals surface area contributed by atoms with E-state index in [9.17, 15) is 0 Å². The summed E-state index contributed by atoms with van der Waals surface area (Å²) >= 11 is 1.74. The van der Waals surface area contributed by atoms with Crippen LogP contribution in [0.2, 0.25) is 0 Å². The highest BCUT2D eigenvalue weighted by Gasteiger charge is 2.18. The van der Waals surface area contributed by atoms with E-state index in [-0.39, 0.29) is 0 Å². The summed E-state index contributed by atoms with van der Waals surface area (Å²) in [6.45, 7) is 10.3. The third kappa shape index (κ3) is 3.95. The fraction of sp³-hybridized carbons (Fsp3) is 0.455. The highest BCUT2D eigenvalue weighted by molar-refractivity contribution is 7.18. The van der Waals surface area contributed by atoms with Gasteiger partial charge in [0.15, 0.2) is 11.5 Å². The van der Waals surface area contributed by atoms with Crippen LogP contribution >= 0.6 is 11.3 Å². The number of benzene rings is 1. The Balaban J connectivity index is 1.41. The largest absolute Gasteiger partial charge is 0.486 e. The van der Waals surface area contributed by atoms with Gasteiger partial charge in [-0.05, 0) is 37.1 Å². The molecule has 0 saturated carbocycles. The van der Waals surface area contributed by atoms with E-state index < -0.39 is 0 Å². The molecule has 1 saturated heterocycles. The Labute approximate surface area is 180 Å². The molecule has 0 bridgehead atoms. The molecule has 8 heteroatoms. The maximum atomic E-state index is 5.72. The molecule has 1 fully saturated rings. The van der Waals surface area contributed by atoms with Gasteiger partial charge in [-0.3, -0.25) is 4.90 Å². The van der Waals surface area contributed by atoms with Gasteiger partial charge < -0.3 is 19.5 Å². The Morgan fingerprint density at radius 1 is 1.03 bits per heavy atom. The van der Waals surface area contributed by atoms with Gasteiger partial charge in [0.1, 0.15) is 29.7 Å². The number of fused-ring (bicyclic) bond motifs is 2. The number of anilines is 1. The standard InChI is InChI=1S/C22H26N4O3S/c1-14-15(2)30-22-20(14)21(24-19(25-22)13-26-5-7-27-8-6-26)23-12-16-3-4-17-18(11-16)29-10-9-28-17/h3-4,11H,5-10,12-13H2,1-2H3,(H,23,24,25).